The number of rotatable bonds is 4. The number of aliphatic carboxylic acids is 1. The Morgan fingerprint density at radius 3 is 2.75 bits per heavy atom. The van der Waals surface area contributed by atoms with Crippen LogP contribution in [0.5, 0.6) is 0 Å². The van der Waals surface area contributed by atoms with Crippen LogP contribution in [0, 0.1) is 5.92 Å². The predicted octanol–water partition coefficient (Wildman–Crippen LogP) is 1.74. The van der Waals surface area contributed by atoms with Crippen LogP contribution in [0.15, 0.2) is 30.3 Å². The molecule has 0 aromatic heterocycles. The normalized spacial score (nSPS) is 27.7. The van der Waals surface area contributed by atoms with Crippen LogP contribution in [0.3, 0.4) is 0 Å². The summed E-state index contributed by atoms with van der Waals surface area (Å²) in [7, 11) is 0. The molecule has 5 nitrogen and oxygen atoms in total. The van der Waals surface area contributed by atoms with Crippen LogP contribution in [0.4, 0.5) is 0 Å². The highest BCUT2D eigenvalue weighted by Crippen LogP contribution is 2.30. The third-order valence-electron chi connectivity index (χ3n) is 3.95. The van der Waals surface area contributed by atoms with Gasteiger partial charge in [0.2, 0.25) is 0 Å². The number of carbonyl (C=O) groups excluding carboxylic acids is 1. The van der Waals surface area contributed by atoms with Gasteiger partial charge in [-0.25, -0.2) is 0 Å². The van der Waals surface area contributed by atoms with E-state index in [2.05, 4.69) is 5.32 Å². The van der Waals surface area contributed by atoms with Crippen LogP contribution in [0.25, 0.3) is 0 Å². The fourth-order valence-electron chi connectivity index (χ4n) is 2.45. The molecule has 0 saturated carbocycles. The lowest BCUT2D eigenvalue weighted by molar-refractivity contribution is -0.162. The summed E-state index contributed by atoms with van der Waals surface area (Å²) in [6, 6.07) is 9.56. The number of morpholine rings is 1. The van der Waals surface area contributed by atoms with E-state index in [4.69, 9.17) is 9.84 Å². The summed E-state index contributed by atoms with van der Waals surface area (Å²) in [5.74, 6) is -1.67. The van der Waals surface area contributed by atoms with E-state index in [1.54, 1.807) is 13.8 Å². The van der Waals surface area contributed by atoms with E-state index in [0.717, 1.165) is 5.56 Å². The molecule has 0 radical (unpaired) electrons. The Balaban J connectivity index is 2.19. The van der Waals surface area contributed by atoms with E-state index in [1.165, 1.54) is 0 Å². The first-order valence-corrected chi connectivity index (χ1v) is 6.65. The number of carbonyl (C=O) groups is 2. The molecule has 1 saturated heterocycles. The zero-order valence-electron chi connectivity index (χ0n) is 11.6. The largest absolute Gasteiger partial charge is 0.481 e. The lowest BCUT2D eigenvalue weighted by Crippen LogP contribution is -2.60. The molecular formula is C15H19NO4. The highest BCUT2D eigenvalue weighted by atomic mass is 16.5. The highest BCUT2D eigenvalue weighted by Gasteiger charge is 2.46. The summed E-state index contributed by atoms with van der Waals surface area (Å²) in [6.45, 7) is 3.71. The lowest BCUT2D eigenvalue weighted by Gasteiger charge is -2.41. The minimum atomic E-state index is -0.989. The number of cyclic esters (lactones) is 1. The SMILES string of the molecule is CC(CC(=O)O)C1(C)N[C@H](c2ccccc2)COC1=O. The Hall–Kier alpha value is -1.88. The summed E-state index contributed by atoms with van der Waals surface area (Å²) in [5.41, 5.74) is 0.0331. The Kier molecular flexibility index (Phi) is 4.09. The van der Waals surface area contributed by atoms with E-state index in [1.807, 2.05) is 30.3 Å². The van der Waals surface area contributed by atoms with Crippen molar-refractivity contribution in [1.82, 2.24) is 5.32 Å². The Bertz CT molecular complexity index is 502. The van der Waals surface area contributed by atoms with Gasteiger partial charge in [-0.15, -0.1) is 0 Å². The molecule has 0 spiro atoms. The van der Waals surface area contributed by atoms with Crippen molar-refractivity contribution in [2.45, 2.75) is 31.8 Å². The van der Waals surface area contributed by atoms with Crippen molar-refractivity contribution in [1.29, 1.82) is 0 Å². The fraction of sp³-hybridized carbons (Fsp3) is 0.467. The van der Waals surface area contributed by atoms with Gasteiger partial charge < -0.3 is 9.84 Å². The molecule has 5 heteroatoms. The zero-order valence-corrected chi connectivity index (χ0v) is 11.6. The topological polar surface area (TPSA) is 75.6 Å². The van der Waals surface area contributed by atoms with Crippen molar-refractivity contribution in [3.8, 4) is 0 Å². The van der Waals surface area contributed by atoms with Crippen LogP contribution in [0.2, 0.25) is 0 Å². The molecule has 0 aliphatic carbocycles. The van der Waals surface area contributed by atoms with Crippen LogP contribution in [-0.2, 0) is 14.3 Å². The minimum absolute atomic E-state index is 0.0832. The molecule has 1 aliphatic rings. The van der Waals surface area contributed by atoms with Crippen LogP contribution in [0.1, 0.15) is 31.9 Å². The number of nitrogens with one attached hydrogen (secondary N) is 1. The molecule has 108 valence electrons. The number of ether oxygens (including phenoxy) is 1. The van der Waals surface area contributed by atoms with Gasteiger partial charge in [-0.1, -0.05) is 37.3 Å². The summed E-state index contributed by atoms with van der Waals surface area (Å²) in [4.78, 5) is 22.9. The second-order valence-corrected chi connectivity index (χ2v) is 5.41. The summed E-state index contributed by atoms with van der Waals surface area (Å²) >= 11 is 0. The van der Waals surface area contributed by atoms with Gasteiger partial charge in [0, 0.05) is 0 Å². The van der Waals surface area contributed by atoms with Gasteiger partial charge in [-0.2, -0.15) is 0 Å². The summed E-state index contributed by atoms with van der Waals surface area (Å²) in [5, 5.41) is 12.2. The van der Waals surface area contributed by atoms with Crippen molar-refractivity contribution in [3.05, 3.63) is 35.9 Å². The number of carboxylic acid groups (broad SMARTS) is 1. The molecule has 20 heavy (non-hydrogen) atoms. The molecule has 0 bridgehead atoms. The average molecular weight is 277 g/mol. The molecule has 1 aromatic rings. The third-order valence-corrected chi connectivity index (χ3v) is 3.95. The minimum Gasteiger partial charge on any atom is -0.481 e. The van der Waals surface area contributed by atoms with Gasteiger partial charge in [-0.05, 0) is 18.4 Å². The standard InChI is InChI=1S/C15H19NO4/c1-10(8-13(17)18)15(2)14(19)20-9-12(16-15)11-6-4-3-5-7-11/h3-7,10,12,16H,8-9H2,1-2H3,(H,17,18)/t10?,12-,15?/m0/s1. The molecule has 1 aromatic carbocycles. The molecule has 3 atom stereocenters. The van der Waals surface area contributed by atoms with Gasteiger partial charge in [0.1, 0.15) is 12.1 Å². The first kappa shape index (κ1) is 14.5. The Labute approximate surface area is 117 Å². The quantitative estimate of drug-likeness (QED) is 0.820. The van der Waals surface area contributed by atoms with Crippen molar-refractivity contribution >= 4 is 11.9 Å². The smallest absolute Gasteiger partial charge is 0.326 e. The van der Waals surface area contributed by atoms with Gasteiger partial charge >= 0.3 is 11.9 Å². The molecule has 0 amide bonds. The molecule has 1 aliphatic heterocycles. The van der Waals surface area contributed by atoms with Crippen molar-refractivity contribution in [3.63, 3.8) is 0 Å². The second kappa shape index (κ2) is 5.63. The lowest BCUT2D eigenvalue weighted by atomic mass is 9.82. The van der Waals surface area contributed by atoms with E-state index < -0.39 is 17.5 Å². The first-order chi connectivity index (χ1) is 9.43. The molecule has 2 N–H and O–H groups in total. The average Bonchev–Trinajstić information content (AvgIpc) is 2.42. The van der Waals surface area contributed by atoms with Gasteiger partial charge in [0.25, 0.3) is 0 Å². The second-order valence-electron chi connectivity index (χ2n) is 5.41. The van der Waals surface area contributed by atoms with Gasteiger partial charge in [0.05, 0.1) is 12.5 Å². The Morgan fingerprint density at radius 2 is 2.15 bits per heavy atom. The maximum absolute atomic E-state index is 12.0. The number of hydrogen-bond acceptors (Lipinski definition) is 4. The zero-order chi connectivity index (χ0) is 14.8. The van der Waals surface area contributed by atoms with Crippen molar-refractivity contribution in [2.24, 2.45) is 5.92 Å². The Morgan fingerprint density at radius 1 is 1.50 bits per heavy atom. The number of carboxylic acids is 1. The number of benzene rings is 1. The number of hydrogen-bond donors (Lipinski definition) is 2. The van der Waals surface area contributed by atoms with E-state index in [9.17, 15) is 9.59 Å². The maximum atomic E-state index is 12.0. The molecule has 2 unspecified atom stereocenters. The third kappa shape index (κ3) is 2.82. The predicted molar refractivity (Wildman–Crippen MR) is 73.1 cm³/mol. The monoisotopic (exact) mass is 277 g/mol. The van der Waals surface area contributed by atoms with Crippen LogP contribution in [-0.4, -0.2) is 29.2 Å². The van der Waals surface area contributed by atoms with Crippen LogP contribution < -0.4 is 5.32 Å². The molecular weight excluding hydrogens is 258 g/mol. The van der Waals surface area contributed by atoms with E-state index in [0.29, 0.717) is 0 Å². The van der Waals surface area contributed by atoms with Crippen molar-refractivity contribution in [2.75, 3.05) is 6.61 Å². The molecule has 1 heterocycles. The fourth-order valence-corrected chi connectivity index (χ4v) is 2.45. The van der Waals surface area contributed by atoms with E-state index in [-0.39, 0.29) is 25.0 Å². The summed E-state index contributed by atoms with van der Waals surface area (Å²) < 4.78 is 5.27. The van der Waals surface area contributed by atoms with Crippen molar-refractivity contribution < 1.29 is 19.4 Å². The van der Waals surface area contributed by atoms with E-state index >= 15 is 0 Å². The first-order valence-electron chi connectivity index (χ1n) is 6.65. The van der Waals surface area contributed by atoms with Crippen LogP contribution >= 0.6 is 0 Å². The van der Waals surface area contributed by atoms with Gasteiger partial charge in [0.15, 0.2) is 0 Å². The maximum Gasteiger partial charge on any atom is 0.326 e. The molecule has 2 rings (SSSR count). The van der Waals surface area contributed by atoms with Gasteiger partial charge in [-0.3, -0.25) is 14.9 Å². The summed E-state index contributed by atoms with van der Waals surface area (Å²) in [6.07, 6.45) is -0.0832. The highest BCUT2D eigenvalue weighted by molar-refractivity contribution is 5.82. The molecule has 1 fully saturated rings. The number of esters is 1.